The number of aliphatic hydroxyl groups is 1. The molecular formula is C19H21NO3. The number of nitrogens with one attached hydrogen (secondary N) is 1. The third kappa shape index (κ3) is 3.37. The standard InChI is InChI=1S/C19H21NO3/c1-23-17-11-7-14(8-12-17)18(21)20-13-19(22,16-9-10-16)15-5-3-2-4-6-15/h2-8,11-12,16,22H,9-10,13H2,1H3,(H,20,21). The maximum Gasteiger partial charge on any atom is 0.251 e. The first-order valence-electron chi connectivity index (χ1n) is 7.83. The van der Waals surface area contributed by atoms with Gasteiger partial charge in [-0.15, -0.1) is 0 Å². The van der Waals surface area contributed by atoms with E-state index in [0.29, 0.717) is 11.3 Å². The Morgan fingerprint density at radius 1 is 1.17 bits per heavy atom. The Labute approximate surface area is 136 Å². The molecule has 0 radical (unpaired) electrons. The smallest absolute Gasteiger partial charge is 0.251 e. The molecule has 1 aliphatic rings. The minimum absolute atomic E-state index is 0.192. The fourth-order valence-corrected chi connectivity index (χ4v) is 2.83. The van der Waals surface area contributed by atoms with Crippen molar-refractivity contribution in [3.05, 3.63) is 65.7 Å². The summed E-state index contributed by atoms with van der Waals surface area (Å²) in [5.41, 5.74) is 0.415. The van der Waals surface area contributed by atoms with Crippen LogP contribution in [0.1, 0.15) is 28.8 Å². The highest BCUT2D eigenvalue weighted by Gasteiger charge is 2.45. The Morgan fingerprint density at radius 3 is 2.39 bits per heavy atom. The highest BCUT2D eigenvalue weighted by Crippen LogP contribution is 2.45. The average Bonchev–Trinajstić information content (AvgIpc) is 3.46. The van der Waals surface area contributed by atoms with E-state index in [4.69, 9.17) is 4.74 Å². The van der Waals surface area contributed by atoms with Crippen molar-refractivity contribution in [3.8, 4) is 5.75 Å². The van der Waals surface area contributed by atoms with Crippen molar-refractivity contribution in [2.75, 3.05) is 13.7 Å². The normalized spacial score (nSPS) is 16.4. The number of methoxy groups -OCH3 is 1. The molecule has 2 N–H and O–H groups in total. The van der Waals surface area contributed by atoms with E-state index in [1.807, 2.05) is 30.3 Å². The molecule has 3 rings (SSSR count). The zero-order valence-corrected chi connectivity index (χ0v) is 13.2. The second-order valence-corrected chi connectivity index (χ2v) is 5.98. The van der Waals surface area contributed by atoms with Crippen molar-refractivity contribution in [2.24, 2.45) is 5.92 Å². The molecule has 4 heteroatoms. The Morgan fingerprint density at radius 2 is 1.83 bits per heavy atom. The van der Waals surface area contributed by atoms with E-state index in [1.165, 1.54) is 0 Å². The van der Waals surface area contributed by atoms with E-state index >= 15 is 0 Å². The predicted octanol–water partition coefficient (Wildman–Crippen LogP) is 2.72. The van der Waals surface area contributed by atoms with Crippen LogP contribution in [0.3, 0.4) is 0 Å². The first-order chi connectivity index (χ1) is 11.1. The second-order valence-electron chi connectivity index (χ2n) is 5.98. The van der Waals surface area contributed by atoms with Crippen LogP contribution in [0.4, 0.5) is 0 Å². The van der Waals surface area contributed by atoms with E-state index in [1.54, 1.807) is 31.4 Å². The first-order valence-corrected chi connectivity index (χ1v) is 7.83. The molecule has 0 heterocycles. The lowest BCUT2D eigenvalue weighted by Crippen LogP contribution is -2.42. The number of rotatable bonds is 6. The summed E-state index contributed by atoms with van der Waals surface area (Å²) in [4.78, 5) is 12.3. The Balaban J connectivity index is 1.70. The lowest BCUT2D eigenvalue weighted by atomic mass is 9.88. The van der Waals surface area contributed by atoms with Gasteiger partial charge in [0.05, 0.1) is 13.7 Å². The molecule has 0 aromatic heterocycles. The predicted molar refractivity (Wildman–Crippen MR) is 88.4 cm³/mol. The average molecular weight is 311 g/mol. The summed E-state index contributed by atoms with van der Waals surface area (Å²) in [6, 6.07) is 16.5. The summed E-state index contributed by atoms with van der Waals surface area (Å²) in [5.74, 6) is 0.726. The van der Waals surface area contributed by atoms with Crippen LogP contribution in [-0.4, -0.2) is 24.7 Å². The van der Waals surface area contributed by atoms with Crippen molar-refractivity contribution in [1.82, 2.24) is 5.32 Å². The number of hydrogen-bond acceptors (Lipinski definition) is 3. The zero-order valence-electron chi connectivity index (χ0n) is 13.2. The van der Waals surface area contributed by atoms with Crippen LogP contribution < -0.4 is 10.1 Å². The van der Waals surface area contributed by atoms with Gasteiger partial charge in [-0.1, -0.05) is 30.3 Å². The largest absolute Gasteiger partial charge is 0.497 e. The molecule has 0 bridgehead atoms. The van der Waals surface area contributed by atoms with Crippen molar-refractivity contribution in [1.29, 1.82) is 0 Å². The van der Waals surface area contributed by atoms with E-state index < -0.39 is 5.60 Å². The summed E-state index contributed by atoms with van der Waals surface area (Å²) in [5, 5.41) is 13.9. The van der Waals surface area contributed by atoms with Crippen molar-refractivity contribution in [2.45, 2.75) is 18.4 Å². The van der Waals surface area contributed by atoms with Crippen LogP contribution >= 0.6 is 0 Å². The number of ether oxygens (including phenoxy) is 1. The quantitative estimate of drug-likeness (QED) is 0.862. The number of amides is 1. The minimum atomic E-state index is -0.997. The summed E-state index contributed by atoms with van der Waals surface area (Å²) >= 11 is 0. The van der Waals surface area contributed by atoms with Gasteiger partial charge in [-0.05, 0) is 48.6 Å². The molecule has 2 aromatic rings. The molecular weight excluding hydrogens is 290 g/mol. The first kappa shape index (κ1) is 15.6. The van der Waals surface area contributed by atoms with Gasteiger partial charge in [-0.25, -0.2) is 0 Å². The molecule has 0 spiro atoms. The maximum absolute atomic E-state index is 12.3. The summed E-state index contributed by atoms with van der Waals surface area (Å²) < 4.78 is 5.09. The van der Waals surface area contributed by atoms with E-state index in [9.17, 15) is 9.90 Å². The highest BCUT2D eigenvalue weighted by molar-refractivity contribution is 5.94. The Kier molecular flexibility index (Phi) is 4.35. The maximum atomic E-state index is 12.3. The molecule has 0 saturated heterocycles. The van der Waals surface area contributed by atoms with Gasteiger partial charge in [0.2, 0.25) is 0 Å². The fourth-order valence-electron chi connectivity index (χ4n) is 2.83. The molecule has 120 valence electrons. The van der Waals surface area contributed by atoms with Gasteiger partial charge in [-0.2, -0.15) is 0 Å². The molecule has 23 heavy (non-hydrogen) atoms. The van der Waals surface area contributed by atoms with Crippen LogP contribution in [0.2, 0.25) is 0 Å². The Hall–Kier alpha value is -2.33. The van der Waals surface area contributed by atoms with Crippen molar-refractivity contribution in [3.63, 3.8) is 0 Å². The van der Waals surface area contributed by atoms with Crippen LogP contribution in [0.25, 0.3) is 0 Å². The third-order valence-electron chi connectivity index (χ3n) is 4.40. The number of carbonyl (C=O) groups excluding carboxylic acids is 1. The number of benzene rings is 2. The summed E-state index contributed by atoms with van der Waals surface area (Å²) in [6.07, 6.45) is 1.98. The van der Waals surface area contributed by atoms with E-state index in [2.05, 4.69) is 5.32 Å². The van der Waals surface area contributed by atoms with Gasteiger partial charge in [-0.3, -0.25) is 4.79 Å². The monoisotopic (exact) mass is 311 g/mol. The molecule has 1 atom stereocenters. The molecule has 1 unspecified atom stereocenters. The summed E-state index contributed by atoms with van der Waals surface area (Å²) in [7, 11) is 1.59. The minimum Gasteiger partial charge on any atom is -0.497 e. The van der Waals surface area contributed by atoms with Crippen LogP contribution in [-0.2, 0) is 5.60 Å². The zero-order chi connectivity index (χ0) is 16.3. The molecule has 4 nitrogen and oxygen atoms in total. The van der Waals surface area contributed by atoms with Gasteiger partial charge in [0.15, 0.2) is 0 Å². The van der Waals surface area contributed by atoms with Crippen molar-refractivity contribution >= 4 is 5.91 Å². The van der Waals surface area contributed by atoms with Gasteiger partial charge in [0, 0.05) is 5.56 Å². The van der Waals surface area contributed by atoms with Crippen molar-refractivity contribution < 1.29 is 14.6 Å². The molecule has 1 fully saturated rings. The molecule has 2 aromatic carbocycles. The lowest BCUT2D eigenvalue weighted by Gasteiger charge is -2.29. The van der Waals surface area contributed by atoms with Gasteiger partial charge < -0.3 is 15.2 Å². The van der Waals surface area contributed by atoms with Crippen LogP contribution in [0.5, 0.6) is 5.75 Å². The lowest BCUT2D eigenvalue weighted by molar-refractivity contribution is 0.0135. The number of hydrogen-bond donors (Lipinski definition) is 2. The number of carbonyl (C=O) groups is 1. The fraction of sp³-hybridized carbons (Fsp3) is 0.316. The third-order valence-corrected chi connectivity index (χ3v) is 4.40. The van der Waals surface area contributed by atoms with Gasteiger partial charge in [0.25, 0.3) is 5.91 Å². The SMILES string of the molecule is COc1ccc(C(=O)NCC(O)(c2ccccc2)C2CC2)cc1. The van der Waals surface area contributed by atoms with Crippen LogP contribution in [0, 0.1) is 5.92 Å². The van der Waals surface area contributed by atoms with Gasteiger partial charge >= 0.3 is 0 Å². The highest BCUT2D eigenvalue weighted by atomic mass is 16.5. The van der Waals surface area contributed by atoms with E-state index in [0.717, 1.165) is 18.4 Å². The molecule has 1 aliphatic carbocycles. The second kappa shape index (κ2) is 6.42. The van der Waals surface area contributed by atoms with Crippen LogP contribution in [0.15, 0.2) is 54.6 Å². The Bertz CT molecular complexity index is 665. The summed E-state index contributed by atoms with van der Waals surface area (Å²) in [6.45, 7) is 0.215. The van der Waals surface area contributed by atoms with Gasteiger partial charge in [0.1, 0.15) is 11.4 Å². The molecule has 0 aliphatic heterocycles. The molecule has 1 saturated carbocycles. The topological polar surface area (TPSA) is 58.6 Å². The molecule has 1 amide bonds. The van der Waals surface area contributed by atoms with E-state index in [-0.39, 0.29) is 18.4 Å².